The summed E-state index contributed by atoms with van der Waals surface area (Å²) in [5.41, 5.74) is -1.54. The van der Waals surface area contributed by atoms with Crippen LogP contribution in [0.1, 0.15) is 45.4 Å². The number of aromatic nitrogens is 2. The largest absolute Gasteiger partial charge is 0.508 e. The molecule has 5 heterocycles. The molecular weight excluding hydrogens is 622 g/mol. The van der Waals surface area contributed by atoms with Crippen LogP contribution in [0.15, 0.2) is 36.4 Å². The van der Waals surface area contributed by atoms with E-state index < -0.39 is 28.7 Å². The van der Waals surface area contributed by atoms with Crippen LogP contribution in [0.4, 0.5) is 23.4 Å². The fraction of sp³-hybridized carbons (Fsp3) is 0.471. The number of hydrogen-bond acceptors (Lipinski definition) is 7. The molecule has 4 aliphatic heterocycles. The summed E-state index contributed by atoms with van der Waals surface area (Å²) in [6, 6.07) is 9.03. The Hall–Kier alpha value is -3.41. The summed E-state index contributed by atoms with van der Waals surface area (Å²) in [4.78, 5) is 13.3. The van der Waals surface area contributed by atoms with Crippen molar-refractivity contribution in [2.24, 2.45) is 0 Å². The van der Waals surface area contributed by atoms with Crippen molar-refractivity contribution >= 4 is 39.1 Å². The standard InChI is InChI=1S/C34H34ClF4N5O2/c1-32-8-6-20(42-32)15-43(17-32)30-23-14-25(36)27(22-13-21(45)12-19-4-2-5-24(35)26(19)22)28(37)29(23)40-31(41-30)46-18-33-7-3-10-44(33)11-9-34(38,39)16-33/h2,4-5,12-14,20,42,45H,3,6-11,15-18H2,1H3/t20-,32+,33+/m1/s1. The average molecular weight is 656 g/mol. The highest BCUT2D eigenvalue weighted by molar-refractivity contribution is 6.36. The Balaban J connectivity index is 1.28. The number of nitrogens with zero attached hydrogens (tertiary/aromatic N) is 4. The molecule has 3 atom stereocenters. The van der Waals surface area contributed by atoms with Gasteiger partial charge in [-0.2, -0.15) is 9.97 Å². The van der Waals surface area contributed by atoms with Crippen LogP contribution in [0.3, 0.4) is 0 Å². The first-order valence-electron chi connectivity index (χ1n) is 15.8. The lowest BCUT2D eigenvalue weighted by Gasteiger charge is -2.44. The molecule has 8 rings (SSSR count). The molecule has 0 radical (unpaired) electrons. The number of fused-ring (bicyclic) bond motifs is 5. The molecule has 4 fully saturated rings. The number of hydrogen-bond donors (Lipinski definition) is 2. The first-order chi connectivity index (χ1) is 21.9. The molecule has 4 aromatic rings. The van der Waals surface area contributed by atoms with Gasteiger partial charge in [-0.25, -0.2) is 17.6 Å². The van der Waals surface area contributed by atoms with E-state index >= 15 is 8.78 Å². The molecule has 4 saturated heterocycles. The van der Waals surface area contributed by atoms with Crippen molar-refractivity contribution in [1.82, 2.24) is 20.2 Å². The summed E-state index contributed by atoms with van der Waals surface area (Å²) in [5, 5.41) is 15.5. The lowest BCUT2D eigenvalue weighted by atomic mass is 9.85. The maximum absolute atomic E-state index is 16.8. The van der Waals surface area contributed by atoms with Gasteiger partial charge in [-0.05, 0) is 68.8 Å². The van der Waals surface area contributed by atoms with E-state index in [0.29, 0.717) is 42.6 Å². The van der Waals surface area contributed by atoms with Gasteiger partial charge in [0.15, 0.2) is 5.82 Å². The number of halogens is 5. The number of nitrogens with one attached hydrogen (secondary N) is 1. The van der Waals surface area contributed by atoms with Gasteiger partial charge in [0.1, 0.15) is 29.5 Å². The highest BCUT2D eigenvalue weighted by Gasteiger charge is 2.53. The topological polar surface area (TPSA) is 73.8 Å². The summed E-state index contributed by atoms with van der Waals surface area (Å²) in [7, 11) is 0. The van der Waals surface area contributed by atoms with Gasteiger partial charge in [0.25, 0.3) is 5.92 Å². The molecule has 0 unspecified atom stereocenters. The molecule has 4 aliphatic rings. The molecule has 0 spiro atoms. The smallest absolute Gasteiger partial charge is 0.319 e. The summed E-state index contributed by atoms with van der Waals surface area (Å²) >= 11 is 6.52. The molecule has 2 N–H and O–H groups in total. The Morgan fingerprint density at radius 2 is 1.96 bits per heavy atom. The van der Waals surface area contributed by atoms with Crippen LogP contribution >= 0.6 is 11.6 Å². The van der Waals surface area contributed by atoms with E-state index in [2.05, 4.69) is 22.1 Å². The number of alkyl halides is 2. The highest BCUT2D eigenvalue weighted by Crippen LogP contribution is 2.46. The Labute approximate surface area is 268 Å². The molecule has 0 amide bonds. The third-order valence-electron chi connectivity index (χ3n) is 10.4. The predicted molar refractivity (Wildman–Crippen MR) is 169 cm³/mol. The molecule has 0 aliphatic carbocycles. The summed E-state index contributed by atoms with van der Waals surface area (Å²) < 4.78 is 68.5. The van der Waals surface area contributed by atoms with Crippen LogP contribution in [-0.2, 0) is 0 Å². The van der Waals surface area contributed by atoms with Gasteiger partial charge >= 0.3 is 6.01 Å². The minimum atomic E-state index is -2.81. The number of phenolic OH excluding ortho intramolecular Hbond substituents is 1. The molecule has 3 aromatic carbocycles. The highest BCUT2D eigenvalue weighted by atomic mass is 35.5. The second kappa shape index (κ2) is 10.6. The van der Waals surface area contributed by atoms with Crippen molar-refractivity contribution in [2.45, 2.75) is 68.5 Å². The maximum Gasteiger partial charge on any atom is 0.319 e. The summed E-state index contributed by atoms with van der Waals surface area (Å²) in [6.45, 7) is 4.16. The zero-order valence-corrected chi connectivity index (χ0v) is 26.1. The van der Waals surface area contributed by atoms with E-state index in [1.165, 1.54) is 18.2 Å². The molecular formula is C34H34ClF4N5O2. The fourth-order valence-electron chi connectivity index (χ4n) is 8.41. The normalized spacial score (nSPS) is 27.4. The molecule has 2 bridgehead atoms. The van der Waals surface area contributed by atoms with Crippen molar-refractivity contribution in [3.8, 4) is 22.9 Å². The van der Waals surface area contributed by atoms with Crippen molar-refractivity contribution < 1.29 is 27.4 Å². The van der Waals surface area contributed by atoms with Crippen molar-refractivity contribution in [3.63, 3.8) is 0 Å². The number of ether oxygens (including phenoxy) is 1. The minimum Gasteiger partial charge on any atom is -0.508 e. The molecule has 1 aromatic heterocycles. The summed E-state index contributed by atoms with van der Waals surface area (Å²) in [5.74, 6) is -4.46. The predicted octanol–water partition coefficient (Wildman–Crippen LogP) is 7.06. The number of piperidine rings is 1. The zero-order chi connectivity index (χ0) is 32.0. The monoisotopic (exact) mass is 655 g/mol. The third kappa shape index (κ3) is 4.93. The second-order valence-corrected chi connectivity index (χ2v) is 14.2. The van der Waals surface area contributed by atoms with Crippen LogP contribution in [-0.4, -0.2) is 75.8 Å². The Kier molecular flexibility index (Phi) is 6.87. The van der Waals surface area contributed by atoms with E-state index in [1.54, 1.807) is 18.2 Å². The average Bonchev–Trinajstić information content (AvgIpc) is 3.53. The fourth-order valence-corrected chi connectivity index (χ4v) is 8.69. The molecule has 46 heavy (non-hydrogen) atoms. The number of rotatable bonds is 5. The van der Waals surface area contributed by atoms with E-state index in [4.69, 9.17) is 21.3 Å². The zero-order valence-electron chi connectivity index (χ0n) is 25.4. The minimum absolute atomic E-state index is 0.0715. The Morgan fingerprint density at radius 3 is 2.78 bits per heavy atom. The van der Waals surface area contributed by atoms with Crippen LogP contribution in [0.5, 0.6) is 11.8 Å². The van der Waals surface area contributed by atoms with Gasteiger partial charge in [-0.15, -0.1) is 0 Å². The SMILES string of the molecule is C[C@]12CC[C@H](CN(c3nc(OC[C@@]45CCCN4CCC(F)(F)C5)nc4c(F)c(-c5cc(O)cc6cccc(Cl)c56)c(F)cc34)C1)N2. The van der Waals surface area contributed by atoms with E-state index in [0.717, 1.165) is 19.3 Å². The number of aromatic hydroxyl groups is 1. The van der Waals surface area contributed by atoms with Crippen LogP contribution < -0.4 is 15.0 Å². The van der Waals surface area contributed by atoms with Crippen LogP contribution in [0.25, 0.3) is 32.8 Å². The van der Waals surface area contributed by atoms with E-state index in [1.807, 2.05) is 4.90 Å². The maximum atomic E-state index is 16.8. The Morgan fingerprint density at radius 1 is 1.11 bits per heavy atom. The van der Waals surface area contributed by atoms with Crippen LogP contribution in [0.2, 0.25) is 5.02 Å². The molecule has 242 valence electrons. The third-order valence-corrected chi connectivity index (χ3v) is 10.8. The van der Waals surface area contributed by atoms with Crippen molar-refractivity contribution in [1.29, 1.82) is 0 Å². The van der Waals surface area contributed by atoms with Gasteiger partial charge in [0, 0.05) is 65.4 Å². The van der Waals surface area contributed by atoms with Crippen LogP contribution in [0, 0.1) is 11.6 Å². The van der Waals surface area contributed by atoms with Gasteiger partial charge in [0.05, 0.1) is 11.1 Å². The quantitative estimate of drug-likeness (QED) is 0.223. The number of piperazine rings is 1. The lowest BCUT2D eigenvalue weighted by molar-refractivity contribution is -0.112. The number of benzene rings is 3. The van der Waals surface area contributed by atoms with Gasteiger partial charge in [-0.3, -0.25) is 4.90 Å². The molecule has 7 nitrogen and oxygen atoms in total. The van der Waals surface area contributed by atoms with Crippen molar-refractivity contribution in [3.05, 3.63) is 53.1 Å². The van der Waals surface area contributed by atoms with Gasteiger partial charge < -0.3 is 20.1 Å². The van der Waals surface area contributed by atoms with Crippen molar-refractivity contribution in [2.75, 3.05) is 37.7 Å². The molecule has 12 heteroatoms. The van der Waals surface area contributed by atoms with E-state index in [9.17, 15) is 13.9 Å². The molecule has 0 saturated carbocycles. The second-order valence-electron chi connectivity index (χ2n) is 13.8. The first kappa shape index (κ1) is 30.0. The number of phenols is 1. The Bertz CT molecular complexity index is 1890. The van der Waals surface area contributed by atoms with Gasteiger partial charge in [0.2, 0.25) is 0 Å². The number of anilines is 1. The van der Waals surface area contributed by atoms with E-state index in [-0.39, 0.29) is 70.8 Å². The lowest BCUT2D eigenvalue weighted by Crippen LogP contribution is -2.58. The first-order valence-corrected chi connectivity index (χ1v) is 16.2. The van der Waals surface area contributed by atoms with Gasteiger partial charge in [-0.1, -0.05) is 23.7 Å². The summed E-state index contributed by atoms with van der Waals surface area (Å²) in [6.07, 6.45) is 2.72.